The molecule has 4 aromatic rings. The molecule has 5 rings (SSSR count). The van der Waals surface area contributed by atoms with E-state index in [9.17, 15) is 19.8 Å². The van der Waals surface area contributed by atoms with Crippen LogP contribution in [0.25, 0.3) is 0 Å². The van der Waals surface area contributed by atoms with Crippen molar-refractivity contribution in [3.8, 4) is 0 Å². The largest absolute Gasteiger partial charge is 0.397 e. The molecule has 10 heteroatoms. The summed E-state index contributed by atoms with van der Waals surface area (Å²) in [7, 11) is 1.98. The van der Waals surface area contributed by atoms with Gasteiger partial charge in [0.15, 0.2) is 6.29 Å². The number of benzene rings is 4. The Balaban J connectivity index is 1.20. The number of carbonyl (C=O) groups is 2. The quantitative estimate of drug-likeness (QED) is 0.0707. The second kappa shape index (κ2) is 17.9. The molecule has 4 aromatic carbocycles. The van der Waals surface area contributed by atoms with Crippen LogP contribution in [0.4, 0.5) is 17.1 Å². The van der Waals surface area contributed by atoms with E-state index in [1.54, 1.807) is 12.1 Å². The van der Waals surface area contributed by atoms with Crippen LogP contribution >= 0.6 is 0 Å². The molecule has 264 valence electrons. The summed E-state index contributed by atoms with van der Waals surface area (Å²) in [6.45, 7) is 2.52. The molecular weight excluding hydrogens is 632 g/mol. The average Bonchev–Trinajstić information content (AvgIpc) is 3.14. The number of hydrogen-bond acceptors (Lipinski definition) is 8. The highest BCUT2D eigenvalue weighted by Gasteiger charge is 2.34. The van der Waals surface area contributed by atoms with Gasteiger partial charge in [0, 0.05) is 43.1 Å². The van der Waals surface area contributed by atoms with Crippen LogP contribution in [0.5, 0.6) is 0 Å². The van der Waals surface area contributed by atoms with E-state index >= 15 is 0 Å². The van der Waals surface area contributed by atoms with Crippen LogP contribution in [0.3, 0.4) is 0 Å². The summed E-state index contributed by atoms with van der Waals surface area (Å²) in [5.74, 6) is -0.287. The summed E-state index contributed by atoms with van der Waals surface area (Å²) in [6, 6.07) is 31.8. The third kappa shape index (κ3) is 10.2. The second-order valence-electron chi connectivity index (χ2n) is 12.9. The number of para-hydroxylation sites is 2. The van der Waals surface area contributed by atoms with Crippen molar-refractivity contribution in [2.24, 2.45) is 0 Å². The molecule has 0 bridgehead atoms. The zero-order valence-corrected chi connectivity index (χ0v) is 28.7. The van der Waals surface area contributed by atoms with Crippen molar-refractivity contribution in [3.63, 3.8) is 0 Å². The van der Waals surface area contributed by atoms with Crippen LogP contribution in [0.1, 0.15) is 79.8 Å². The van der Waals surface area contributed by atoms with E-state index < -0.39 is 12.4 Å². The fourth-order valence-corrected chi connectivity index (χ4v) is 6.07. The molecule has 6 N–H and O–H groups in total. The van der Waals surface area contributed by atoms with E-state index in [2.05, 4.69) is 15.5 Å². The molecule has 1 fully saturated rings. The number of rotatable bonds is 15. The Morgan fingerprint density at radius 2 is 1.54 bits per heavy atom. The molecule has 2 amide bonds. The van der Waals surface area contributed by atoms with E-state index in [4.69, 9.17) is 15.2 Å². The van der Waals surface area contributed by atoms with Gasteiger partial charge in [-0.3, -0.25) is 14.5 Å². The Morgan fingerprint density at radius 3 is 2.24 bits per heavy atom. The summed E-state index contributed by atoms with van der Waals surface area (Å²) in [4.78, 5) is 27.3. The summed E-state index contributed by atoms with van der Waals surface area (Å²) < 4.78 is 13.1. The molecule has 0 spiro atoms. The maximum Gasteiger partial charge on any atom is 0.224 e. The minimum absolute atomic E-state index is 0.0375. The number of amides is 2. The molecule has 0 aromatic heterocycles. The number of aliphatic hydroxyl groups is 2. The first-order valence-electron chi connectivity index (χ1n) is 17.2. The van der Waals surface area contributed by atoms with Crippen molar-refractivity contribution in [1.29, 1.82) is 0 Å². The monoisotopic (exact) mass is 680 g/mol. The van der Waals surface area contributed by atoms with Crippen molar-refractivity contribution < 1.29 is 29.3 Å². The molecule has 0 radical (unpaired) electrons. The van der Waals surface area contributed by atoms with Crippen molar-refractivity contribution in [3.05, 3.63) is 125 Å². The summed E-state index contributed by atoms with van der Waals surface area (Å²) in [5.41, 5.74) is 11.0. The van der Waals surface area contributed by atoms with Crippen LogP contribution in [0.15, 0.2) is 103 Å². The van der Waals surface area contributed by atoms with E-state index in [0.717, 1.165) is 22.3 Å². The normalized spacial score (nSPS) is 18.7. The number of nitrogens with two attached hydrogens (primary N) is 1. The predicted octanol–water partition coefficient (Wildman–Crippen LogP) is 6.50. The minimum Gasteiger partial charge on any atom is -0.397 e. The Bertz CT molecular complexity index is 1690. The zero-order valence-electron chi connectivity index (χ0n) is 28.7. The number of nitrogens with one attached hydrogen (secondary N) is 2. The summed E-state index contributed by atoms with van der Waals surface area (Å²) in [6.07, 6.45) is 0.420. The lowest BCUT2D eigenvalue weighted by Crippen LogP contribution is -2.43. The van der Waals surface area contributed by atoms with Crippen LogP contribution in [0, 0.1) is 0 Å². The maximum atomic E-state index is 12.8. The minimum atomic E-state index is -0.701. The van der Waals surface area contributed by atoms with Gasteiger partial charge in [0.2, 0.25) is 11.8 Å². The number of anilines is 3. The smallest absolute Gasteiger partial charge is 0.224 e. The molecular formula is C40H48N4O6. The van der Waals surface area contributed by atoms with Crippen LogP contribution in [0.2, 0.25) is 0 Å². The summed E-state index contributed by atoms with van der Waals surface area (Å²) in [5, 5.41) is 26.4. The predicted molar refractivity (Wildman–Crippen MR) is 195 cm³/mol. The van der Waals surface area contributed by atoms with E-state index in [0.29, 0.717) is 42.9 Å². The van der Waals surface area contributed by atoms with Gasteiger partial charge < -0.3 is 36.1 Å². The third-order valence-corrected chi connectivity index (χ3v) is 9.13. The lowest BCUT2D eigenvalue weighted by atomic mass is 9.98. The Morgan fingerprint density at radius 1 is 0.860 bits per heavy atom. The van der Waals surface area contributed by atoms with Gasteiger partial charge >= 0.3 is 0 Å². The number of carbonyl (C=O) groups excluding carboxylic acids is 2. The average molecular weight is 681 g/mol. The van der Waals surface area contributed by atoms with Crippen molar-refractivity contribution >= 4 is 28.9 Å². The Labute approximate surface area is 294 Å². The molecule has 10 nitrogen and oxygen atoms in total. The lowest BCUT2D eigenvalue weighted by Gasteiger charge is -2.39. The lowest BCUT2D eigenvalue weighted by molar-refractivity contribution is -0.253. The second-order valence-corrected chi connectivity index (χ2v) is 12.9. The van der Waals surface area contributed by atoms with E-state index in [1.807, 2.05) is 105 Å². The number of unbranched alkanes of at least 4 members (excludes halogenated alkanes) is 1. The molecule has 1 heterocycles. The standard InChI is InChI=1S/C40H48N4O6/c1-27(39(48)30-11-4-3-5-12-30)44(2)25-33-24-36(29-21-19-28(26-45)20-22-29)50-40(49-33)31-13-10-14-32(23-31)42-37(46)17-8-9-18-38(47)43-35-16-7-6-15-34(35)41/h3-7,10-16,19-23,27,33,36,39-40,45,48H,8-9,17-18,24-26,41H2,1-2H3,(H,42,46)(H,43,47)/t27-,33-,36+,39-,40+/m0/s1. The first kappa shape index (κ1) is 36.7. The van der Waals surface area contributed by atoms with Crippen LogP contribution < -0.4 is 16.4 Å². The van der Waals surface area contributed by atoms with Crippen LogP contribution in [-0.2, 0) is 25.7 Å². The fraction of sp³-hybridized carbons (Fsp3) is 0.350. The topological polar surface area (TPSA) is 146 Å². The molecule has 5 atom stereocenters. The highest BCUT2D eigenvalue weighted by atomic mass is 16.7. The van der Waals surface area contributed by atoms with Gasteiger partial charge in [0.25, 0.3) is 0 Å². The first-order chi connectivity index (χ1) is 24.2. The molecule has 1 aliphatic heterocycles. The molecule has 50 heavy (non-hydrogen) atoms. The Kier molecular flexibility index (Phi) is 13.1. The van der Waals surface area contributed by atoms with Crippen LogP contribution in [-0.4, -0.2) is 52.7 Å². The number of nitrogen functional groups attached to an aromatic ring is 1. The van der Waals surface area contributed by atoms with E-state index in [-0.39, 0.29) is 49.5 Å². The van der Waals surface area contributed by atoms with Gasteiger partial charge in [0.05, 0.1) is 36.3 Å². The number of aliphatic hydroxyl groups excluding tert-OH is 2. The van der Waals surface area contributed by atoms with Crippen molar-refractivity contribution in [2.75, 3.05) is 30.0 Å². The molecule has 0 saturated carbocycles. The van der Waals surface area contributed by atoms with Crippen molar-refractivity contribution in [1.82, 2.24) is 4.90 Å². The SMILES string of the molecule is C[C@@H]([C@H](O)c1ccccc1)N(C)C[C@@H]1C[C@H](c2ccc(CO)cc2)O[C@H](c2cccc(NC(=O)CCCCC(=O)Nc3ccccc3N)c2)O1. The van der Waals surface area contributed by atoms with Gasteiger partial charge in [-0.15, -0.1) is 0 Å². The molecule has 1 saturated heterocycles. The van der Waals surface area contributed by atoms with Crippen molar-refractivity contribution in [2.45, 2.75) is 76.3 Å². The third-order valence-electron chi connectivity index (χ3n) is 9.13. The van der Waals surface area contributed by atoms with Gasteiger partial charge in [0.1, 0.15) is 0 Å². The van der Waals surface area contributed by atoms with Gasteiger partial charge in [-0.1, -0.05) is 78.9 Å². The number of ether oxygens (including phenoxy) is 2. The number of hydrogen-bond donors (Lipinski definition) is 5. The summed E-state index contributed by atoms with van der Waals surface area (Å²) >= 11 is 0. The van der Waals surface area contributed by atoms with Gasteiger partial charge in [-0.25, -0.2) is 0 Å². The Hall–Kier alpha value is -4.58. The molecule has 0 aliphatic carbocycles. The number of nitrogens with zero attached hydrogens (tertiary/aromatic N) is 1. The van der Waals surface area contributed by atoms with Gasteiger partial charge in [-0.2, -0.15) is 0 Å². The highest BCUT2D eigenvalue weighted by Crippen LogP contribution is 2.39. The highest BCUT2D eigenvalue weighted by molar-refractivity contribution is 5.94. The first-order valence-corrected chi connectivity index (χ1v) is 17.2. The maximum absolute atomic E-state index is 12.8. The van der Waals surface area contributed by atoms with Gasteiger partial charge in [-0.05, 0) is 67.8 Å². The zero-order chi connectivity index (χ0) is 35.5. The fourth-order valence-electron chi connectivity index (χ4n) is 6.07. The van der Waals surface area contributed by atoms with E-state index in [1.165, 1.54) is 0 Å². The molecule has 1 aliphatic rings. The molecule has 0 unspecified atom stereocenters. The number of likely N-dealkylation sites (N-methyl/N-ethyl adjacent to an activating group) is 1.